The molecule has 1 fully saturated rings. The number of urea groups is 1. The molecule has 6 nitrogen and oxygen atoms in total. The van der Waals surface area contributed by atoms with Gasteiger partial charge < -0.3 is 19.7 Å². The summed E-state index contributed by atoms with van der Waals surface area (Å²) in [7, 11) is 2.93. The summed E-state index contributed by atoms with van der Waals surface area (Å²) in [5.74, 6) is 0.101. The van der Waals surface area contributed by atoms with E-state index in [0.29, 0.717) is 24.5 Å². The Kier molecular flexibility index (Phi) is 5.03. The molecular weight excluding hydrogens is 272 g/mol. The van der Waals surface area contributed by atoms with Crippen molar-refractivity contribution in [1.29, 1.82) is 0 Å². The number of para-hydroxylation sites is 2. The number of carbonyl (C=O) groups is 2. The number of esters is 1. The lowest BCUT2D eigenvalue weighted by molar-refractivity contribution is -0.146. The van der Waals surface area contributed by atoms with E-state index in [0.717, 1.165) is 12.8 Å². The molecule has 6 heteroatoms. The van der Waals surface area contributed by atoms with Crippen LogP contribution < -0.4 is 10.1 Å². The molecule has 1 aromatic carbocycles. The maximum absolute atomic E-state index is 12.3. The van der Waals surface area contributed by atoms with E-state index in [9.17, 15) is 9.59 Å². The Morgan fingerprint density at radius 3 is 2.76 bits per heavy atom. The highest BCUT2D eigenvalue weighted by molar-refractivity contribution is 5.91. The molecule has 1 saturated heterocycles. The fourth-order valence-corrected chi connectivity index (χ4v) is 2.46. The zero-order valence-electron chi connectivity index (χ0n) is 12.3. The number of amides is 2. The first-order valence-corrected chi connectivity index (χ1v) is 6.92. The van der Waals surface area contributed by atoms with Gasteiger partial charge in [0.2, 0.25) is 0 Å². The van der Waals surface area contributed by atoms with Crippen LogP contribution in [0.4, 0.5) is 10.5 Å². The number of carbonyl (C=O) groups excluding carboxylic acids is 2. The molecule has 0 aromatic heterocycles. The van der Waals surface area contributed by atoms with E-state index in [1.54, 1.807) is 24.1 Å². The highest BCUT2D eigenvalue weighted by atomic mass is 16.5. The van der Waals surface area contributed by atoms with Crippen molar-refractivity contribution in [3.05, 3.63) is 24.3 Å². The number of nitrogens with one attached hydrogen (secondary N) is 1. The summed E-state index contributed by atoms with van der Waals surface area (Å²) in [4.78, 5) is 25.5. The molecular formula is C15H20N2O4. The molecule has 2 rings (SSSR count). The Bertz CT molecular complexity index is 518. The zero-order valence-corrected chi connectivity index (χ0v) is 12.3. The summed E-state index contributed by atoms with van der Waals surface area (Å²) in [6.45, 7) is 1.02. The van der Waals surface area contributed by atoms with Gasteiger partial charge in [-0.05, 0) is 25.0 Å². The van der Waals surface area contributed by atoms with Crippen molar-refractivity contribution < 1.29 is 19.1 Å². The third-order valence-corrected chi connectivity index (χ3v) is 3.59. The number of rotatable bonds is 3. The van der Waals surface area contributed by atoms with Crippen molar-refractivity contribution in [2.24, 2.45) is 5.92 Å². The van der Waals surface area contributed by atoms with Crippen LogP contribution in [-0.2, 0) is 9.53 Å². The van der Waals surface area contributed by atoms with E-state index >= 15 is 0 Å². The van der Waals surface area contributed by atoms with Crippen molar-refractivity contribution in [1.82, 2.24) is 4.90 Å². The lowest BCUT2D eigenvalue weighted by Gasteiger charge is -2.31. The minimum absolute atomic E-state index is 0.229. The molecule has 0 aliphatic carbocycles. The Labute approximate surface area is 124 Å². The van der Waals surface area contributed by atoms with Crippen LogP contribution in [0.15, 0.2) is 24.3 Å². The maximum Gasteiger partial charge on any atom is 0.321 e. The average molecular weight is 292 g/mol. The molecule has 114 valence electrons. The van der Waals surface area contributed by atoms with Crippen LogP contribution in [-0.4, -0.2) is 44.2 Å². The van der Waals surface area contributed by atoms with Crippen molar-refractivity contribution in [3.8, 4) is 5.75 Å². The second-order valence-electron chi connectivity index (χ2n) is 4.94. The topological polar surface area (TPSA) is 67.9 Å². The Morgan fingerprint density at radius 1 is 1.29 bits per heavy atom. The van der Waals surface area contributed by atoms with Crippen LogP contribution in [0.3, 0.4) is 0 Å². The minimum atomic E-state index is -0.259. The summed E-state index contributed by atoms with van der Waals surface area (Å²) < 4.78 is 9.96. The quantitative estimate of drug-likeness (QED) is 0.866. The molecule has 1 aliphatic rings. The predicted molar refractivity (Wildman–Crippen MR) is 78.3 cm³/mol. The molecule has 0 bridgehead atoms. The van der Waals surface area contributed by atoms with Gasteiger partial charge in [0.05, 0.1) is 25.8 Å². The first kappa shape index (κ1) is 15.2. The summed E-state index contributed by atoms with van der Waals surface area (Å²) in [5, 5.41) is 2.82. The van der Waals surface area contributed by atoms with Gasteiger partial charge in [-0.15, -0.1) is 0 Å². The second-order valence-corrected chi connectivity index (χ2v) is 4.94. The fourth-order valence-electron chi connectivity index (χ4n) is 2.46. The van der Waals surface area contributed by atoms with Crippen LogP contribution in [0.25, 0.3) is 0 Å². The number of hydrogen-bond donors (Lipinski definition) is 1. The van der Waals surface area contributed by atoms with E-state index in [1.807, 2.05) is 12.1 Å². The van der Waals surface area contributed by atoms with E-state index in [2.05, 4.69) is 5.32 Å². The van der Waals surface area contributed by atoms with Gasteiger partial charge in [0.1, 0.15) is 5.75 Å². The van der Waals surface area contributed by atoms with Gasteiger partial charge in [-0.3, -0.25) is 4.79 Å². The molecule has 0 radical (unpaired) electrons. The molecule has 21 heavy (non-hydrogen) atoms. The van der Waals surface area contributed by atoms with Crippen LogP contribution in [0, 0.1) is 5.92 Å². The number of hydrogen-bond acceptors (Lipinski definition) is 4. The summed E-state index contributed by atoms with van der Waals surface area (Å²) in [5.41, 5.74) is 0.616. The number of anilines is 1. The maximum atomic E-state index is 12.3. The predicted octanol–water partition coefficient (Wildman–Crippen LogP) is 2.11. The molecule has 1 N–H and O–H groups in total. The lowest BCUT2D eigenvalue weighted by Crippen LogP contribution is -2.44. The Morgan fingerprint density at radius 2 is 2.05 bits per heavy atom. The largest absolute Gasteiger partial charge is 0.495 e. The monoisotopic (exact) mass is 292 g/mol. The van der Waals surface area contributed by atoms with Gasteiger partial charge in [-0.2, -0.15) is 0 Å². The molecule has 2 amide bonds. The van der Waals surface area contributed by atoms with Gasteiger partial charge in [0.25, 0.3) is 0 Å². The normalized spacial score (nSPS) is 18.0. The van der Waals surface area contributed by atoms with Crippen molar-refractivity contribution in [3.63, 3.8) is 0 Å². The highest BCUT2D eigenvalue weighted by Gasteiger charge is 2.29. The Hall–Kier alpha value is -2.24. The van der Waals surface area contributed by atoms with Crippen molar-refractivity contribution >= 4 is 17.7 Å². The van der Waals surface area contributed by atoms with Gasteiger partial charge in [0.15, 0.2) is 0 Å². The molecule has 1 atom stereocenters. The van der Waals surface area contributed by atoms with Crippen LogP contribution >= 0.6 is 0 Å². The third kappa shape index (κ3) is 3.65. The highest BCUT2D eigenvalue weighted by Crippen LogP contribution is 2.24. The van der Waals surface area contributed by atoms with Gasteiger partial charge in [0, 0.05) is 13.1 Å². The fraction of sp³-hybridized carbons (Fsp3) is 0.467. The number of nitrogens with zero attached hydrogens (tertiary/aromatic N) is 1. The molecule has 0 spiro atoms. The third-order valence-electron chi connectivity index (χ3n) is 3.59. The van der Waals surface area contributed by atoms with E-state index in [1.165, 1.54) is 7.11 Å². The molecule has 1 aliphatic heterocycles. The standard InChI is InChI=1S/C15H20N2O4/c1-20-13-8-4-3-7-12(13)16-15(19)17-9-5-6-11(10-17)14(18)21-2/h3-4,7-8,11H,5-6,9-10H2,1-2H3,(H,16,19)/t11-/m0/s1. The number of methoxy groups -OCH3 is 2. The van der Waals surface area contributed by atoms with Gasteiger partial charge in [-0.25, -0.2) is 4.79 Å². The summed E-state index contributed by atoms with van der Waals surface area (Å²) >= 11 is 0. The minimum Gasteiger partial charge on any atom is -0.495 e. The first-order chi connectivity index (χ1) is 10.2. The zero-order chi connectivity index (χ0) is 15.2. The van der Waals surface area contributed by atoms with Crippen LogP contribution in [0.1, 0.15) is 12.8 Å². The lowest BCUT2D eigenvalue weighted by atomic mass is 9.98. The molecule has 1 aromatic rings. The summed E-state index contributed by atoms with van der Waals surface area (Å²) in [6, 6.07) is 6.99. The number of benzene rings is 1. The van der Waals surface area contributed by atoms with Gasteiger partial charge in [-0.1, -0.05) is 12.1 Å². The van der Waals surface area contributed by atoms with Crippen molar-refractivity contribution in [2.75, 3.05) is 32.6 Å². The number of piperidine rings is 1. The Balaban J connectivity index is 2.01. The smallest absolute Gasteiger partial charge is 0.321 e. The van der Waals surface area contributed by atoms with Gasteiger partial charge >= 0.3 is 12.0 Å². The first-order valence-electron chi connectivity index (χ1n) is 6.92. The van der Waals surface area contributed by atoms with E-state index in [-0.39, 0.29) is 17.9 Å². The van der Waals surface area contributed by atoms with Crippen LogP contribution in [0.2, 0.25) is 0 Å². The number of ether oxygens (including phenoxy) is 2. The summed E-state index contributed by atoms with van der Waals surface area (Å²) in [6.07, 6.45) is 1.55. The average Bonchev–Trinajstić information content (AvgIpc) is 2.54. The van der Waals surface area contributed by atoms with E-state index < -0.39 is 0 Å². The second kappa shape index (κ2) is 6.97. The molecule has 1 heterocycles. The number of likely N-dealkylation sites (tertiary alicyclic amines) is 1. The van der Waals surface area contributed by atoms with Crippen molar-refractivity contribution in [2.45, 2.75) is 12.8 Å². The van der Waals surface area contributed by atoms with Crippen LogP contribution in [0.5, 0.6) is 5.75 Å². The molecule has 0 saturated carbocycles. The molecule has 0 unspecified atom stereocenters. The SMILES string of the molecule is COC(=O)[C@H]1CCCN(C(=O)Nc2ccccc2OC)C1. The van der Waals surface area contributed by atoms with E-state index in [4.69, 9.17) is 9.47 Å².